The summed E-state index contributed by atoms with van der Waals surface area (Å²) in [6.45, 7) is 1.80. The lowest BCUT2D eigenvalue weighted by Gasteiger charge is -2.19. The highest BCUT2D eigenvalue weighted by atomic mass is 35.5. The highest BCUT2D eigenvalue weighted by Gasteiger charge is 2.22. The van der Waals surface area contributed by atoms with E-state index in [1.54, 1.807) is 31.2 Å². The van der Waals surface area contributed by atoms with E-state index in [4.69, 9.17) is 11.6 Å². The van der Waals surface area contributed by atoms with Crippen LogP contribution in [0.3, 0.4) is 0 Å². The van der Waals surface area contributed by atoms with Crippen molar-refractivity contribution in [1.82, 2.24) is 15.1 Å². The molecule has 0 aliphatic carbocycles. The first kappa shape index (κ1) is 20.3. The Balaban J connectivity index is 1.92. The summed E-state index contributed by atoms with van der Waals surface area (Å²) in [7, 11) is 0. The molecule has 7 nitrogen and oxygen atoms in total. The molecule has 0 bridgehead atoms. The number of aryl methyl sites for hydroxylation is 1. The van der Waals surface area contributed by atoms with Gasteiger partial charge in [-0.25, -0.2) is 9.07 Å². The maximum atomic E-state index is 14.2. The summed E-state index contributed by atoms with van der Waals surface area (Å²) in [6, 6.07) is 11.4. The van der Waals surface area contributed by atoms with E-state index in [0.717, 1.165) is 16.3 Å². The number of rotatable bonds is 6. The molecule has 0 radical (unpaired) electrons. The number of amides is 1. The maximum absolute atomic E-state index is 14.2. The lowest BCUT2D eigenvalue weighted by atomic mass is 9.98. The van der Waals surface area contributed by atoms with E-state index in [1.807, 2.05) is 0 Å². The Morgan fingerprint density at radius 1 is 1.24 bits per heavy atom. The summed E-state index contributed by atoms with van der Waals surface area (Å²) in [5.74, 6) is -2.60. The number of benzene rings is 2. The van der Waals surface area contributed by atoms with Crippen molar-refractivity contribution in [1.29, 1.82) is 0 Å². The van der Waals surface area contributed by atoms with Crippen molar-refractivity contribution in [3.63, 3.8) is 0 Å². The minimum Gasteiger partial charge on any atom is -0.481 e. The van der Waals surface area contributed by atoms with Gasteiger partial charge in [0.05, 0.1) is 17.5 Å². The van der Waals surface area contributed by atoms with Crippen LogP contribution in [0, 0.1) is 12.7 Å². The van der Waals surface area contributed by atoms with E-state index >= 15 is 0 Å². The monoisotopic (exact) mass is 417 g/mol. The van der Waals surface area contributed by atoms with Gasteiger partial charge in [-0.3, -0.25) is 19.5 Å². The highest BCUT2D eigenvalue weighted by Crippen LogP contribution is 2.22. The standard InChI is InChI=1S/C20H17ClFN3O4/c1-11-5-2-3-6-12(11)14(10-18(27)28)23-20(29)15-9-17(26)25(24-15)16-8-4-7-13(21)19(16)22/h2-9,14,24H,10H2,1H3,(H,23,29)(H,27,28)/t14-/m0/s1. The minimum atomic E-state index is -1.09. The molecular formula is C20H17ClFN3O4. The van der Waals surface area contributed by atoms with E-state index in [1.165, 1.54) is 18.2 Å². The van der Waals surface area contributed by atoms with Crippen LogP contribution in [0.2, 0.25) is 5.02 Å². The van der Waals surface area contributed by atoms with Gasteiger partial charge < -0.3 is 10.4 Å². The van der Waals surface area contributed by atoms with Gasteiger partial charge in [0.25, 0.3) is 11.5 Å². The van der Waals surface area contributed by atoms with Crippen LogP contribution in [0.15, 0.2) is 53.3 Å². The Morgan fingerprint density at radius 3 is 2.66 bits per heavy atom. The van der Waals surface area contributed by atoms with Crippen molar-refractivity contribution in [3.8, 4) is 5.69 Å². The molecule has 0 aliphatic heterocycles. The van der Waals surface area contributed by atoms with Crippen LogP contribution in [0.5, 0.6) is 0 Å². The second-order valence-corrected chi connectivity index (χ2v) is 6.80. The number of carbonyl (C=O) groups excluding carboxylic acids is 1. The first-order valence-corrected chi connectivity index (χ1v) is 9.00. The number of hydrogen-bond donors (Lipinski definition) is 3. The molecule has 3 rings (SSSR count). The molecule has 3 N–H and O–H groups in total. The fourth-order valence-electron chi connectivity index (χ4n) is 2.98. The molecule has 1 aromatic heterocycles. The zero-order valence-electron chi connectivity index (χ0n) is 15.3. The van der Waals surface area contributed by atoms with E-state index in [-0.39, 0.29) is 22.8 Å². The quantitative estimate of drug-likeness (QED) is 0.572. The van der Waals surface area contributed by atoms with Gasteiger partial charge in [-0.05, 0) is 30.2 Å². The molecule has 9 heteroatoms. The van der Waals surface area contributed by atoms with Gasteiger partial charge in [-0.15, -0.1) is 0 Å². The average molecular weight is 418 g/mol. The van der Waals surface area contributed by atoms with Gasteiger partial charge in [-0.2, -0.15) is 0 Å². The van der Waals surface area contributed by atoms with Crippen molar-refractivity contribution < 1.29 is 19.1 Å². The number of aromatic amines is 1. The van der Waals surface area contributed by atoms with Crippen molar-refractivity contribution in [2.75, 3.05) is 0 Å². The number of aliphatic carboxylic acids is 1. The second-order valence-electron chi connectivity index (χ2n) is 6.40. The summed E-state index contributed by atoms with van der Waals surface area (Å²) >= 11 is 5.75. The smallest absolute Gasteiger partial charge is 0.305 e. The number of H-pyrrole nitrogens is 1. The number of carboxylic acids is 1. The van der Waals surface area contributed by atoms with Crippen molar-refractivity contribution in [2.24, 2.45) is 0 Å². The van der Waals surface area contributed by atoms with Crippen LogP contribution in [-0.2, 0) is 4.79 Å². The molecule has 150 valence electrons. The summed E-state index contributed by atoms with van der Waals surface area (Å²) in [5, 5.41) is 14.2. The predicted octanol–water partition coefficient (Wildman–Crippen LogP) is 3.21. The molecule has 0 unspecified atom stereocenters. The fourth-order valence-corrected chi connectivity index (χ4v) is 3.15. The molecule has 1 heterocycles. The molecule has 29 heavy (non-hydrogen) atoms. The van der Waals surface area contributed by atoms with Gasteiger partial charge in [-0.1, -0.05) is 41.9 Å². The minimum absolute atomic E-state index is 0.137. The number of carboxylic acid groups (broad SMARTS) is 1. The van der Waals surface area contributed by atoms with Crippen LogP contribution in [-0.4, -0.2) is 26.8 Å². The first-order chi connectivity index (χ1) is 13.8. The molecule has 0 aliphatic rings. The molecular weight excluding hydrogens is 401 g/mol. The summed E-state index contributed by atoms with van der Waals surface area (Å²) in [5.41, 5.74) is 0.514. The van der Waals surface area contributed by atoms with Crippen LogP contribution < -0.4 is 10.9 Å². The van der Waals surface area contributed by atoms with Gasteiger partial charge in [0.15, 0.2) is 5.82 Å². The van der Waals surface area contributed by atoms with Gasteiger partial charge in [0.2, 0.25) is 0 Å². The maximum Gasteiger partial charge on any atom is 0.305 e. The lowest BCUT2D eigenvalue weighted by Crippen LogP contribution is -2.31. The zero-order chi connectivity index (χ0) is 21.1. The number of carbonyl (C=O) groups is 2. The van der Waals surface area contributed by atoms with Gasteiger partial charge in [0, 0.05) is 6.07 Å². The fraction of sp³-hybridized carbons (Fsp3) is 0.150. The van der Waals surface area contributed by atoms with E-state index < -0.39 is 29.3 Å². The van der Waals surface area contributed by atoms with Crippen LogP contribution in [0.4, 0.5) is 4.39 Å². The second kappa shape index (κ2) is 8.32. The Morgan fingerprint density at radius 2 is 1.97 bits per heavy atom. The Hall–Kier alpha value is -3.39. The number of halogens is 2. The van der Waals surface area contributed by atoms with Crippen molar-refractivity contribution in [3.05, 3.63) is 86.5 Å². The van der Waals surface area contributed by atoms with Crippen molar-refractivity contribution >= 4 is 23.5 Å². The molecule has 1 amide bonds. The third kappa shape index (κ3) is 4.38. The van der Waals surface area contributed by atoms with E-state index in [0.29, 0.717) is 5.56 Å². The Labute approximate surface area is 169 Å². The molecule has 0 fully saturated rings. The van der Waals surface area contributed by atoms with Crippen LogP contribution in [0.1, 0.15) is 34.1 Å². The van der Waals surface area contributed by atoms with Gasteiger partial charge in [0.1, 0.15) is 11.4 Å². The Kier molecular flexibility index (Phi) is 5.84. The summed E-state index contributed by atoms with van der Waals surface area (Å²) < 4.78 is 15.1. The molecule has 2 aromatic carbocycles. The van der Waals surface area contributed by atoms with Crippen LogP contribution in [0.25, 0.3) is 5.69 Å². The van der Waals surface area contributed by atoms with E-state index in [9.17, 15) is 23.9 Å². The zero-order valence-corrected chi connectivity index (χ0v) is 16.0. The van der Waals surface area contributed by atoms with Crippen LogP contribution >= 0.6 is 11.6 Å². The normalized spacial score (nSPS) is 11.8. The number of nitrogens with one attached hydrogen (secondary N) is 2. The Bertz CT molecular complexity index is 1140. The number of nitrogens with zero attached hydrogens (tertiary/aromatic N) is 1. The largest absolute Gasteiger partial charge is 0.481 e. The summed E-state index contributed by atoms with van der Waals surface area (Å²) in [4.78, 5) is 36.2. The SMILES string of the molecule is Cc1ccccc1[C@H](CC(=O)O)NC(=O)c1cc(=O)n(-c2cccc(Cl)c2F)[nH]1. The molecule has 0 saturated carbocycles. The average Bonchev–Trinajstić information content (AvgIpc) is 3.05. The third-order valence-electron chi connectivity index (χ3n) is 4.39. The van der Waals surface area contributed by atoms with E-state index in [2.05, 4.69) is 10.4 Å². The first-order valence-electron chi connectivity index (χ1n) is 8.62. The van der Waals surface area contributed by atoms with Gasteiger partial charge >= 0.3 is 5.97 Å². The molecule has 3 aromatic rings. The predicted molar refractivity (Wildman–Crippen MR) is 105 cm³/mol. The highest BCUT2D eigenvalue weighted by molar-refractivity contribution is 6.30. The molecule has 0 saturated heterocycles. The topological polar surface area (TPSA) is 104 Å². The molecule has 0 spiro atoms. The summed E-state index contributed by atoms with van der Waals surface area (Å²) in [6.07, 6.45) is -0.343. The number of hydrogen-bond acceptors (Lipinski definition) is 3. The molecule has 1 atom stereocenters. The third-order valence-corrected chi connectivity index (χ3v) is 4.68. The lowest BCUT2D eigenvalue weighted by molar-refractivity contribution is -0.137. The van der Waals surface area contributed by atoms with Crippen molar-refractivity contribution in [2.45, 2.75) is 19.4 Å². The number of aromatic nitrogens is 2.